The Morgan fingerprint density at radius 3 is 1.77 bits per heavy atom. The molecule has 0 N–H and O–H groups in total. The number of nitrogens with zero attached hydrogens (tertiary/aromatic N) is 4. The van der Waals surface area contributed by atoms with Gasteiger partial charge in [-0.25, -0.2) is 15.0 Å². The van der Waals surface area contributed by atoms with Crippen LogP contribution in [0.1, 0.15) is 0 Å². The molecule has 13 rings (SSSR count). The van der Waals surface area contributed by atoms with Gasteiger partial charge in [0.25, 0.3) is 0 Å². The van der Waals surface area contributed by atoms with Gasteiger partial charge in [-0.1, -0.05) is 164 Å². The van der Waals surface area contributed by atoms with E-state index in [1.54, 1.807) is 0 Å². The first kappa shape index (κ1) is 34.5. The van der Waals surface area contributed by atoms with Crippen molar-refractivity contribution in [2.45, 2.75) is 0 Å². The molecule has 0 unspecified atom stereocenters. The summed E-state index contributed by atoms with van der Waals surface area (Å²) < 4.78 is 9.21. The quantitative estimate of drug-likeness (QED) is 0.174. The monoisotopic (exact) mass is 790 g/mol. The van der Waals surface area contributed by atoms with E-state index in [0.717, 1.165) is 77.2 Å². The molecule has 0 aliphatic heterocycles. The van der Waals surface area contributed by atoms with E-state index in [-0.39, 0.29) is 0 Å². The predicted octanol–water partition coefficient (Wildman–Crippen LogP) is 15.0. The maximum Gasteiger partial charge on any atom is 0.164 e. The van der Waals surface area contributed by atoms with Crippen molar-refractivity contribution >= 4 is 76.1 Å². The number of benzene rings is 10. The highest BCUT2D eigenvalue weighted by atomic mass is 16.3. The number of hydrogen-bond acceptors (Lipinski definition) is 4. The topological polar surface area (TPSA) is 56.7 Å². The minimum absolute atomic E-state index is 0.559. The van der Waals surface area contributed by atoms with E-state index in [0.29, 0.717) is 17.5 Å². The van der Waals surface area contributed by atoms with Gasteiger partial charge in [0, 0.05) is 32.8 Å². The molecular formula is C57H34N4O. The van der Waals surface area contributed by atoms with Crippen LogP contribution in [0.4, 0.5) is 0 Å². The molecule has 13 aromatic rings. The molecule has 0 saturated heterocycles. The lowest BCUT2D eigenvalue weighted by Gasteiger charge is -2.14. The smallest absolute Gasteiger partial charge is 0.164 e. The number of rotatable bonds is 5. The van der Waals surface area contributed by atoms with E-state index in [2.05, 4.69) is 193 Å². The maximum absolute atomic E-state index is 6.79. The predicted molar refractivity (Wildman–Crippen MR) is 256 cm³/mol. The Morgan fingerprint density at radius 1 is 0.323 bits per heavy atom. The summed E-state index contributed by atoms with van der Waals surface area (Å²) in [4.78, 5) is 15.9. The molecule has 0 bridgehead atoms. The van der Waals surface area contributed by atoms with Gasteiger partial charge >= 0.3 is 0 Å². The average molecular weight is 791 g/mol. The molecule has 0 radical (unpaired) electrons. The fourth-order valence-electron chi connectivity index (χ4n) is 9.51. The number of aromatic nitrogens is 4. The zero-order valence-electron chi connectivity index (χ0n) is 33.3. The van der Waals surface area contributed by atoms with Crippen LogP contribution in [-0.2, 0) is 0 Å². The van der Waals surface area contributed by atoms with E-state index in [9.17, 15) is 0 Å². The summed E-state index contributed by atoms with van der Waals surface area (Å²) in [7, 11) is 0. The first-order valence-corrected chi connectivity index (χ1v) is 20.9. The molecule has 5 heteroatoms. The summed E-state index contributed by atoms with van der Waals surface area (Å²) in [5, 5.41) is 11.5. The van der Waals surface area contributed by atoms with Crippen molar-refractivity contribution in [3.05, 3.63) is 206 Å². The first-order chi connectivity index (χ1) is 30.7. The fourth-order valence-corrected chi connectivity index (χ4v) is 9.51. The Kier molecular flexibility index (Phi) is 7.54. The van der Waals surface area contributed by atoms with Gasteiger partial charge in [0.1, 0.15) is 11.2 Å². The lowest BCUT2D eigenvalue weighted by molar-refractivity contribution is 0.669. The van der Waals surface area contributed by atoms with Gasteiger partial charge in [-0.05, 0) is 85.9 Å². The van der Waals surface area contributed by atoms with Crippen LogP contribution in [0.5, 0.6) is 0 Å². The van der Waals surface area contributed by atoms with Gasteiger partial charge in [-0.15, -0.1) is 0 Å². The molecule has 62 heavy (non-hydrogen) atoms. The Labute approximate surface area is 355 Å². The number of furan rings is 1. The van der Waals surface area contributed by atoms with Gasteiger partial charge in [-0.2, -0.15) is 0 Å². The van der Waals surface area contributed by atoms with Gasteiger partial charge in [0.05, 0.1) is 22.1 Å². The molecule has 0 amide bonds. The average Bonchev–Trinajstić information content (AvgIpc) is 3.88. The lowest BCUT2D eigenvalue weighted by Crippen LogP contribution is -2.02. The Hall–Kier alpha value is -8.41. The highest BCUT2D eigenvalue weighted by Crippen LogP contribution is 2.44. The molecule has 0 aliphatic rings. The van der Waals surface area contributed by atoms with Crippen LogP contribution in [0, 0.1) is 0 Å². The zero-order chi connectivity index (χ0) is 40.7. The minimum Gasteiger partial charge on any atom is -0.456 e. The summed E-state index contributed by atoms with van der Waals surface area (Å²) in [6, 6.07) is 72.8. The number of hydrogen-bond donors (Lipinski definition) is 0. The molecule has 3 aromatic heterocycles. The third-order valence-electron chi connectivity index (χ3n) is 12.4. The summed E-state index contributed by atoms with van der Waals surface area (Å²) in [6.07, 6.45) is 0. The molecule has 288 valence electrons. The van der Waals surface area contributed by atoms with E-state index < -0.39 is 0 Å². The van der Waals surface area contributed by atoms with Crippen LogP contribution in [0.25, 0.3) is 127 Å². The SMILES string of the molecule is c1ccc(-c2cccc(-c3nc(-c4cc(-n5c6cc7ccccc7cc6c6c7ccccc7ccc65)c5c(c4)oc4ccccc45)nc(-c4cccc5ccccc45)n3)c2)cc1. The highest BCUT2D eigenvalue weighted by molar-refractivity contribution is 6.24. The third-order valence-corrected chi connectivity index (χ3v) is 12.4. The van der Waals surface area contributed by atoms with E-state index >= 15 is 0 Å². The molecule has 0 atom stereocenters. The zero-order valence-corrected chi connectivity index (χ0v) is 33.3. The number of fused-ring (bicyclic) bond motifs is 10. The summed E-state index contributed by atoms with van der Waals surface area (Å²) >= 11 is 0. The largest absolute Gasteiger partial charge is 0.456 e. The molecule has 0 spiro atoms. The maximum atomic E-state index is 6.79. The van der Waals surface area contributed by atoms with Crippen molar-refractivity contribution in [1.82, 2.24) is 19.5 Å². The van der Waals surface area contributed by atoms with E-state index in [1.807, 2.05) is 18.2 Å². The molecule has 0 saturated carbocycles. The van der Waals surface area contributed by atoms with E-state index in [4.69, 9.17) is 19.4 Å². The van der Waals surface area contributed by atoms with Gasteiger partial charge in [-0.3, -0.25) is 0 Å². The lowest BCUT2D eigenvalue weighted by atomic mass is 10.0. The van der Waals surface area contributed by atoms with Crippen molar-refractivity contribution in [2.75, 3.05) is 0 Å². The van der Waals surface area contributed by atoms with Crippen LogP contribution in [0.3, 0.4) is 0 Å². The van der Waals surface area contributed by atoms with Crippen LogP contribution in [0.15, 0.2) is 211 Å². The Balaban J connectivity index is 1.13. The normalized spacial score (nSPS) is 11.9. The number of para-hydroxylation sites is 1. The van der Waals surface area contributed by atoms with Crippen LogP contribution in [-0.4, -0.2) is 19.5 Å². The molecule has 0 aliphatic carbocycles. The van der Waals surface area contributed by atoms with Crippen LogP contribution < -0.4 is 0 Å². The molecular weight excluding hydrogens is 757 g/mol. The standard InChI is InChI=1S/C57H34N4O/c1-2-14-35(15-3-1)38-21-12-22-41(30-38)55-58-56(60-57(59-55)45-26-13-20-36-16-6-8-23-43(36)45)42-33-50(54-46-25-10-11-27-51(46)62-52(54)34-42)61-48-29-28-37-17-7-9-24-44(37)53(48)47-31-39-18-4-5-19-40(39)32-49(47)61/h1-34H. The summed E-state index contributed by atoms with van der Waals surface area (Å²) in [6.45, 7) is 0. The summed E-state index contributed by atoms with van der Waals surface area (Å²) in [5.41, 5.74) is 9.70. The molecule has 0 fully saturated rings. The van der Waals surface area contributed by atoms with E-state index in [1.165, 1.54) is 32.3 Å². The van der Waals surface area contributed by atoms with Gasteiger partial charge < -0.3 is 8.98 Å². The van der Waals surface area contributed by atoms with Gasteiger partial charge in [0.2, 0.25) is 0 Å². The van der Waals surface area contributed by atoms with Crippen LogP contribution >= 0.6 is 0 Å². The van der Waals surface area contributed by atoms with Crippen molar-refractivity contribution in [2.24, 2.45) is 0 Å². The fraction of sp³-hybridized carbons (Fsp3) is 0. The van der Waals surface area contributed by atoms with Crippen molar-refractivity contribution in [3.63, 3.8) is 0 Å². The summed E-state index contributed by atoms with van der Waals surface area (Å²) in [5.74, 6) is 1.76. The van der Waals surface area contributed by atoms with Crippen molar-refractivity contribution < 1.29 is 4.42 Å². The molecule has 10 aromatic carbocycles. The Bertz CT molecular complexity index is 3930. The Morgan fingerprint density at radius 2 is 0.935 bits per heavy atom. The van der Waals surface area contributed by atoms with Gasteiger partial charge in [0.15, 0.2) is 17.5 Å². The highest BCUT2D eigenvalue weighted by Gasteiger charge is 2.23. The second-order valence-corrected chi connectivity index (χ2v) is 16.0. The molecule has 5 nitrogen and oxygen atoms in total. The van der Waals surface area contributed by atoms with Crippen molar-refractivity contribution in [1.29, 1.82) is 0 Å². The third kappa shape index (κ3) is 5.38. The van der Waals surface area contributed by atoms with Crippen molar-refractivity contribution in [3.8, 4) is 51.0 Å². The molecule has 3 heterocycles. The van der Waals surface area contributed by atoms with Crippen LogP contribution in [0.2, 0.25) is 0 Å². The minimum atomic E-state index is 0.559. The second kappa shape index (κ2) is 13.6. The second-order valence-electron chi connectivity index (χ2n) is 16.0. The first-order valence-electron chi connectivity index (χ1n) is 20.9.